The minimum absolute atomic E-state index is 0.249. The zero-order chi connectivity index (χ0) is 16.3. The summed E-state index contributed by atoms with van der Waals surface area (Å²) in [7, 11) is 1.62. The van der Waals surface area contributed by atoms with Crippen LogP contribution in [0.25, 0.3) is 0 Å². The molecule has 2 nitrogen and oxygen atoms in total. The standard InChI is InChI=1S/C14H14FNO.2C2H6/c1-17-13-8-4-11(5-9-13)14(16)10-2-6-12(15)7-3-10;2*1-2/h2-9,14H,16H2,1H3;2*1-2H3. The van der Waals surface area contributed by atoms with E-state index in [0.717, 1.165) is 16.9 Å². The molecule has 2 N–H and O–H groups in total. The molecule has 0 spiro atoms. The Morgan fingerprint density at radius 1 is 0.810 bits per heavy atom. The lowest BCUT2D eigenvalue weighted by molar-refractivity contribution is 0.414. The molecule has 0 fully saturated rings. The summed E-state index contributed by atoms with van der Waals surface area (Å²) in [6.07, 6.45) is 0. The third-order valence-electron chi connectivity index (χ3n) is 2.70. The number of nitrogens with two attached hydrogens (primary N) is 1. The highest BCUT2D eigenvalue weighted by Crippen LogP contribution is 2.22. The van der Waals surface area contributed by atoms with Crippen molar-refractivity contribution in [2.45, 2.75) is 33.7 Å². The van der Waals surface area contributed by atoms with Gasteiger partial charge in [-0.2, -0.15) is 0 Å². The number of benzene rings is 2. The van der Waals surface area contributed by atoms with Crippen molar-refractivity contribution in [1.29, 1.82) is 0 Å². The van der Waals surface area contributed by atoms with Gasteiger partial charge < -0.3 is 10.5 Å². The van der Waals surface area contributed by atoms with Gasteiger partial charge in [0.15, 0.2) is 0 Å². The largest absolute Gasteiger partial charge is 0.497 e. The van der Waals surface area contributed by atoms with Gasteiger partial charge in [0.1, 0.15) is 11.6 Å². The first kappa shape index (κ1) is 19.1. The summed E-state index contributed by atoms with van der Waals surface area (Å²) in [5, 5.41) is 0. The first-order valence-corrected chi connectivity index (χ1v) is 7.35. The van der Waals surface area contributed by atoms with E-state index in [4.69, 9.17) is 10.5 Å². The summed E-state index contributed by atoms with van der Waals surface area (Å²) >= 11 is 0. The molecule has 0 aliphatic rings. The van der Waals surface area contributed by atoms with Gasteiger partial charge in [-0.25, -0.2) is 4.39 Å². The summed E-state index contributed by atoms with van der Waals surface area (Å²) < 4.78 is 17.9. The van der Waals surface area contributed by atoms with Gasteiger partial charge in [-0.3, -0.25) is 0 Å². The van der Waals surface area contributed by atoms with Gasteiger partial charge in [-0.15, -0.1) is 0 Å². The molecule has 21 heavy (non-hydrogen) atoms. The smallest absolute Gasteiger partial charge is 0.123 e. The van der Waals surface area contributed by atoms with Crippen molar-refractivity contribution in [3.8, 4) is 5.75 Å². The van der Waals surface area contributed by atoms with Crippen molar-refractivity contribution >= 4 is 0 Å². The molecule has 0 aliphatic heterocycles. The minimum atomic E-state index is -0.254. The molecule has 2 aromatic rings. The Kier molecular flexibility index (Phi) is 9.90. The highest BCUT2D eigenvalue weighted by atomic mass is 19.1. The second-order valence-corrected chi connectivity index (χ2v) is 3.80. The van der Waals surface area contributed by atoms with Crippen LogP contribution in [0, 0.1) is 5.82 Å². The van der Waals surface area contributed by atoms with Gasteiger partial charge >= 0.3 is 0 Å². The van der Waals surface area contributed by atoms with Crippen molar-refractivity contribution in [2.75, 3.05) is 7.11 Å². The third-order valence-corrected chi connectivity index (χ3v) is 2.70. The number of rotatable bonds is 3. The molecule has 1 atom stereocenters. The summed E-state index contributed by atoms with van der Waals surface area (Å²) in [5.41, 5.74) is 7.95. The van der Waals surface area contributed by atoms with Crippen LogP contribution in [-0.4, -0.2) is 7.11 Å². The summed E-state index contributed by atoms with van der Waals surface area (Å²) in [4.78, 5) is 0. The molecule has 0 saturated carbocycles. The lowest BCUT2D eigenvalue weighted by atomic mass is 10.00. The maximum Gasteiger partial charge on any atom is 0.123 e. The predicted molar refractivity (Wildman–Crippen MR) is 88.1 cm³/mol. The molecule has 0 aromatic heterocycles. The lowest BCUT2D eigenvalue weighted by Gasteiger charge is -2.13. The number of hydrogen-bond acceptors (Lipinski definition) is 2. The summed E-state index contributed by atoms with van der Waals surface area (Å²) in [5.74, 6) is 0.538. The molecule has 116 valence electrons. The maximum absolute atomic E-state index is 12.8. The highest BCUT2D eigenvalue weighted by Gasteiger charge is 2.08. The third kappa shape index (κ3) is 5.96. The molecular weight excluding hydrogens is 265 g/mol. The second kappa shape index (κ2) is 10.9. The van der Waals surface area contributed by atoms with Crippen LogP contribution >= 0.6 is 0 Å². The van der Waals surface area contributed by atoms with E-state index in [0.29, 0.717) is 0 Å². The minimum Gasteiger partial charge on any atom is -0.497 e. The van der Waals surface area contributed by atoms with Crippen LogP contribution in [0.4, 0.5) is 4.39 Å². The van der Waals surface area contributed by atoms with E-state index < -0.39 is 0 Å². The molecule has 2 rings (SSSR count). The van der Waals surface area contributed by atoms with Crippen molar-refractivity contribution in [3.63, 3.8) is 0 Å². The van der Waals surface area contributed by atoms with E-state index in [1.165, 1.54) is 12.1 Å². The van der Waals surface area contributed by atoms with E-state index in [-0.39, 0.29) is 11.9 Å². The van der Waals surface area contributed by atoms with Gasteiger partial charge in [0.05, 0.1) is 13.2 Å². The average molecular weight is 291 g/mol. The van der Waals surface area contributed by atoms with Gasteiger partial charge in [0, 0.05) is 0 Å². The Bertz CT molecular complexity index is 480. The molecule has 1 unspecified atom stereocenters. The molecule has 2 aromatic carbocycles. The second-order valence-electron chi connectivity index (χ2n) is 3.80. The number of methoxy groups -OCH3 is 1. The Labute approximate surface area is 127 Å². The van der Waals surface area contributed by atoms with Crippen LogP contribution < -0.4 is 10.5 Å². The Balaban J connectivity index is 0.000000921. The molecule has 3 heteroatoms. The van der Waals surface area contributed by atoms with Crippen molar-refractivity contribution in [1.82, 2.24) is 0 Å². The highest BCUT2D eigenvalue weighted by molar-refractivity contribution is 5.35. The van der Waals surface area contributed by atoms with Crippen molar-refractivity contribution in [3.05, 3.63) is 65.5 Å². The maximum atomic E-state index is 12.8. The predicted octanol–water partition coefficient (Wildman–Crippen LogP) is 4.93. The first-order valence-electron chi connectivity index (χ1n) is 7.35. The quantitative estimate of drug-likeness (QED) is 0.869. The van der Waals surface area contributed by atoms with E-state index in [1.807, 2.05) is 52.0 Å². The molecule has 0 saturated heterocycles. The molecular formula is C18H26FNO. The molecule has 0 heterocycles. The Hall–Kier alpha value is -1.87. The van der Waals surface area contributed by atoms with Gasteiger partial charge in [-0.1, -0.05) is 52.0 Å². The SMILES string of the molecule is CC.CC.COc1ccc(C(N)c2ccc(F)cc2)cc1. The molecule has 0 bridgehead atoms. The zero-order valence-corrected chi connectivity index (χ0v) is 13.6. The summed E-state index contributed by atoms with van der Waals surface area (Å²) in [6.45, 7) is 8.00. The molecule has 0 aliphatic carbocycles. The van der Waals surface area contributed by atoms with Crippen LogP contribution in [0.1, 0.15) is 44.9 Å². The topological polar surface area (TPSA) is 35.2 Å². The van der Waals surface area contributed by atoms with Crippen molar-refractivity contribution < 1.29 is 9.13 Å². The first-order chi connectivity index (χ1) is 10.2. The number of ether oxygens (including phenoxy) is 1. The van der Waals surface area contributed by atoms with Crippen LogP contribution in [-0.2, 0) is 0 Å². The van der Waals surface area contributed by atoms with Gasteiger partial charge in [0.25, 0.3) is 0 Å². The normalized spacial score (nSPS) is 10.4. The molecule has 0 radical (unpaired) electrons. The number of halogens is 1. The fourth-order valence-electron chi connectivity index (χ4n) is 1.67. The summed E-state index contributed by atoms with van der Waals surface area (Å²) in [6, 6.07) is 13.5. The molecule has 0 amide bonds. The zero-order valence-electron chi connectivity index (χ0n) is 13.6. The average Bonchev–Trinajstić information content (AvgIpc) is 2.58. The van der Waals surface area contributed by atoms with Crippen LogP contribution in [0.2, 0.25) is 0 Å². The van der Waals surface area contributed by atoms with Crippen LogP contribution in [0.5, 0.6) is 5.75 Å². The fraction of sp³-hybridized carbons (Fsp3) is 0.333. The van der Waals surface area contributed by atoms with Gasteiger partial charge in [0.2, 0.25) is 0 Å². The van der Waals surface area contributed by atoms with E-state index in [9.17, 15) is 4.39 Å². The van der Waals surface area contributed by atoms with E-state index >= 15 is 0 Å². The number of hydrogen-bond donors (Lipinski definition) is 1. The monoisotopic (exact) mass is 291 g/mol. The van der Waals surface area contributed by atoms with Crippen LogP contribution in [0.3, 0.4) is 0 Å². The van der Waals surface area contributed by atoms with Gasteiger partial charge in [-0.05, 0) is 35.4 Å². The Morgan fingerprint density at radius 2 is 1.19 bits per heavy atom. The van der Waals surface area contributed by atoms with E-state index in [1.54, 1.807) is 19.2 Å². The fourth-order valence-corrected chi connectivity index (χ4v) is 1.67. The van der Waals surface area contributed by atoms with Crippen LogP contribution in [0.15, 0.2) is 48.5 Å². The van der Waals surface area contributed by atoms with Crippen molar-refractivity contribution in [2.24, 2.45) is 5.73 Å². The van der Waals surface area contributed by atoms with E-state index in [2.05, 4.69) is 0 Å². The Morgan fingerprint density at radius 3 is 1.57 bits per heavy atom. The lowest BCUT2D eigenvalue weighted by Crippen LogP contribution is -2.11.